The Morgan fingerprint density at radius 2 is 1.88 bits per heavy atom. The first kappa shape index (κ1) is 20.9. The predicted molar refractivity (Wildman–Crippen MR) is 114 cm³/mol. The molecule has 1 spiro atoms. The standard InChI is InChI=1S/C21H25N5O5S/c27-18(23-26-19(28)21(22-20(26)29)10-4-1-5-11-21)14-7-6-12-25(13-14)17-15-8-2-3-9-16(15)32(30,31)24-17/h2-3,8-9,14H,1,4-7,10-13H2,(H,22,29)(H,23,27)/t14-/m1/s1. The van der Waals surface area contributed by atoms with Crippen molar-refractivity contribution >= 4 is 33.7 Å². The molecule has 2 N–H and O–H groups in total. The van der Waals surface area contributed by atoms with Gasteiger partial charge in [0.25, 0.3) is 15.9 Å². The van der Waals surface area contributed by atoms with E-state index in [0.29, 0.717) is 43.6 Å². The van der Waals surface area contributed by atoms with Crippen molar-refractivity contribution in [2.75, 3.05) is 13.1 Å². The summed E-state index contributed by atoms with van der Waals surface area (Å²) in [5.41, 5.74) is 2.14. The van der Waals surface area contributed by atoms with Gasteiger partial charge in [-0.15, -0.1) is 4.40 Å². The number of carbonyl (C=O) groups is 3. The molecule has 1 aliphatic carbocycles. The van der Waals surface area contributed by atoms with Crippen LogP contribution in [0.15, 0.2) is 33.6 Å². The van der Waals surface area contributed by atoms with Crippen molar-refractivity contribution in [2.45, 2.75) is 55.4 Å². The Morgan fingerprint density at radius 3 is 2.66 bits per heavy atom. The molecule has 1 saturated carbocycles. The normalized spacial score (nSPS) is 26.0. The van der Waals surface area contributed by atoms with Crippen molar-refractivity contribution in [2.24, 2.45) is 10.3 Å². The first-order valence-electron chi connectivity index (χ1n) is 11.0. The molecular weight excluding hydrogens is 434 g/mol. The summed E-state index contributed by atoms with van der Waals surface area (Å²) < 4.78 is 28.7. The van der Waals surface area contributed by atoms with Crippen LogP contribution in [0.5, 0.6) is 0 Å². The fraction of sp³-hybridized carbons (Fsp3) is 0.524. The summed E-state index contributed by atoms with van der Waals surface area (Å²) in [5, 5.41) is 3.60. The number of likely N-dealkylation sites (tertiary alicyclic amines) is 1. The number of hydrogen-bond acceptors (Lipinski definition) is 6. The molecular formula is C21H25N5O5S. The van der Waals surface area contributed by atoms with E-state index in [9.17, 15) is 22.8 Å². The molecule has 11 heteroatoms. The smallest absolute Gasteiger partial charge is 0.344 e. The Hall–Kier alpha value is -2.95. The van der Waals surface area contributed by atoms with Crippen LogP contribution in [0, 0.1) is 5.92 Å². The molecule has 0 aromatic heterocycles. The van der Waals surface area contributed by atoms with Crippen molar-refractivity contribution in [1.82, 2.24) is 20.7 Å². The number of amidine groups is 1. The summed E-state index contributed by atoms with van der Waals surface area (Å²) in [6.45, 7) is 0.821. The SMILES string of the molecule is O=C(NN1C(=O)NC2(CCCCC2)C1=O)[C@@H]1CCCN(C2=NS(=O)(=O)c3ccccc32)C1. The number of nitrogens with one attached hydrogen (secondary N) is 2. The molecule has 3 fully saturated rings. The number of hydrogen-bond donors (Lipinski definition) is 2. The molecule has 1 aromatic rings. The molecule has 2 saturated heterocycles. The van der Waals surface area contributed by atoms with Crippen LogP contribution < -0.4 is 10.7 Å². The molecule has 4 amide bonds. The maximum atomic E-state index is 13.0. The van der Waals surface area contributed by atoms with Crippen LogP contribution in [-0.2, 0) is 19.6 Å². The Morgan fingerprint density at radius 1 is 1.12 bits per heavy atom. The van der Waals surface area contributed by atoms with Crippen LogP contribution in [0.1, 0.15) is 50.5 Å². The summed E-state index contributed by atoms with van der Waals surface area (Å²) in [7, 11) is -3.75. The highest BCUT2D eigenvalue weighted by Gasteiger charge is 2.52. The molecule has 3 aliphatic heterocycles. The van der Waals surface area contributed by atoms with Crippen LogP contribution in [0.4, 0.5) is 4.79 Å². The van der Waals surface area contributed by atoms with Gasteiger partial charge >= 0.3 is 6.03 Å². The van der Waals surface area contributed by atoms with Gasteiger partial charge in [0, 0.05) is 18.7 Å². The van der Waals surface area contributed by atoms with E-state index in [1.165, 1.54) is 6.07 Å². The van der Waals surface area contributed by atoms with Crippen LogP contribution in [0.25, 0.3) is 0 Å². The first-order valence-corrected chi connectivity index (χ1v) is 12.4. The Bertz CT molecular complexity index is 1130. The second-order valence-electron chi connectivity index (χ2n) is 8.86. The average molecular weight is 460 g/mol. The number of carbonyl (C=O) groups excluding carboxylic acids is 3. The highest BCUT2D eigenvalue weighted by molar-refractivity contribution is 7.90. The molecule has 170 valence electrons. The summed E-state index contributed by atoms with van der Waals surface area (Å²) in [6.07, 6.45) is 5.12. The minimum atomic E-state index is -3.75. The number of nitrogens with zero attached hydrogens (tertiary/aromatic N) is 3. The highest BCUT2D eigenvalue weighted by Crippen LogP contribution is 2.33. The second kappa shape index (κ2) is 7.58. The zero-order valence-corrected chi connectivity index (χ0v) is 18.4. The summed E-state index contributed by atoms with van der Waals surface area (Å²) >= 11 is 0. The van der Waals surface area contributed by atoms with Crippen molar-refractivity contribution in [1.29, 1.82) is 0 Å². The van der Waals surface area contributed by atoms with E-state index < -0.39 is 39.3 Å². The van der Waals surface area contributed by atoms with Crippen LogP contribution in [0.2, 0.25) is 0 Å². The number of imide groups is 1. The van der Waals surface area contributed by atoms with Crippen molar-refractivity contribution < 1.29 is 22.8 Å². The molecule has 1 aromatic carbocycles. The van der Waals surface area contributed by atoms with Gasteiger partial charge in [0.15, 0.2) is 5.84 Å². The molecule has 1 atom stereocenters. The second-order valence-corrected chi connectivity index (χ2v) is 10.4. The number of rotatable bonds is 2. The van der Waals surface area contributed by atoms with E-state index >= 15 is 0 Å². The molecule has 5 rings (SSSR count). The molecule has 10 nitrogen and oxygen atoms in total. The predicted octanol–water partition coefficient (Wildman–Crippen LogP) is 1.13. The van der Waals surface area contributed by atoms with Crippen molar-refractivity contribution in [3.63, 3.8) is 0 Å². The summed E-state index contributed by atoms with van der Waals surface area (Å²) in [6, 6.07) is 6.03. The number of sulfonamides is 1. The van der Waals surface area contributed by atoms with E-state index in [-0.39, 0.29) is 11.4 Å². The van der Waals surface area contributed by atoms with Gasteiger partial charge in [-0.2, -0.15) is 13.4 Å². The lowest BCUT2D eigenvalue weighted by Gasteiger charge is -2.34. The average Bonchev–Trinajstić information content (AvgIpc) is 3.20. The quantitative estimate of drug-likeness (QED) is 0.638. The maximum absolute atomic E-state index is 13.0. The van der Waals surface area contributed by atoms with Crippen molar-refractivity contribution in [3.8, 4) is 0 Å². The Balaban J connectivity index is 1.30. The van der Waals surface area contributed by atoms with E-state index in [4.69, 9.17) is 0 Å². The summed E-state index contributed by atoms with van der Waals surface area (Å²) in [5.74, 6) is -0.996. The molecule has 0 radical (unpaired) electrons. The minimum Gasteiger partial charge on any atom is -0.355 e. The molecule has 0 bridgehead atoms. The van der Waals surface area contributed by atoms with Gasteiger partial charge in [0.2, 0.25) is 5.91 Å². The van der Waals surface area contributed by atoms with Crippen LogP contribution in [-0.4, -0.2) is 60.6 Å². The van der Waals surface area contributed by atoms with E-state index in [0.717, 1.165) is 24.3 Å². The lowest BCUT2D eigenvalue weighted by atomic mass is 9.82. The van der Waals surface area contributed by atoms with Gasteiger partial charge in [0.1, 0.15) is 10.4 Å². The van der Waals surface area contributed by atoms with Gasteiger partial charge in [-0.05, 0) is 37.8 Å². The molecule has 4 aliphatic rings. The molecule has 32 heavy (non-hydrogen) atoms. The van der Waals surface area contributed by atoms with Gasteiger partial charge in [-0.3, -0.25) is 15.0 Å². The summed E-state index contributed by atoms with van der Waals surface area (Å²) in [4.78, 5) is 40.3. The monoisotopic (exact) mass is 459 g/mol. The Kier molecular flexibility index (Phi) is 4.95. The third-order valence-electron chi connectivity index (χ3n) is 6.80. The first-order chi connectivity index (χ1) is 15.3. The molecule has 3 heterocycles. The van der Waals surface area contributed by atoms with E-state index in [1.807, 2.05) is 0 Å². The Labute approximate surface area is 186 Å². The van der Waals surface area contributed by atoms with E-state index in [2.05, 4.69) is 15.1 Å². The number of fused-ring (bicyclic) bond motifs is 1. The lowest BCUT2D eigenvalue weighted by molar-refractivity contribution is -0.141. The van der Waals surface area contributed by atoms with E-state index in [1.54, 1.807) is 23.1 Å². The number of piperidine rings is 1. The van der Waals surface area contributed by atoms with Crippen molar-refractivity contribution in [3.05, 3.63) is 29.8 Å². The fourth-order valence-electron chi connectivity index (χ4n) is 5.12. The van der Waals surface area contributed by atoms with Gasteiger partial charge in [-0.25, -0.2) is 4.79 Å². The minimum absolute atomic E-state index is 0.165. The highest BCUT2D eigenvalue weighted by atomic mass is 32.2. The van der Waals surface area contributed by atoms with Gasteiger partial charge in [-0.1, -0.05) is 31.4 Å². The lowest BCUT2D eigenvalue weighted by Crippen LogP contribution is -2.53. The third kappa shape index (κ3) is 3.35. The van der Waals surface area contributed by atoms with Crippen LogP contribution >= 0.6 is 0 Å². The number of amides is 4. The number of urea groups is 1. The molecule has 0 unspecified atom stereocenters. The maximum Gasteiger partial charge on any atom is 0.344 e. The van der Waals surface area contributed by atoms with Crippen LogP contribution in [0.3, 0.4) is 0 Å². The fourth-order valence-corrected chi connectivity index (χ4v) is 6.35. The number of hydrazine groups is 1. The largest absolute Gasteiger partial charge is 0.355 e. The zero-order valence-electron chi connectivity index (χ0n) is 17.5. The van der Waals surface area contributed by atoms with Gasteiger partial charge < -0.3 is 10.2 Å². The third-order valence-corrected chi connectivity index (χ3v) is 8.12. The number of benzene rings is 1. The topological polar surface area (TPSA) is 128 Å². The van der Waals surface area contributed by atoms with Gasteiger partial charge in [0.05, 0.1) is 5.92 Å². The zero-order chi connectivity index (χ0) is 22.5.